The quantitative estimate of drug-likeness (QED) is 0.823. The first-order valence-corrected chi connectivity index (χ1v) is 5.60. The Kier molecular flexibility index (Phi) is 3.37. The first-order valence-electron chi connectivity index (χ1n) is 5.60. The zero-order valence-electron chi connectivity index (χ0n) is 9.48. The van der Waals surface area contributed by atoms with E-state index in [0.717, 1.165) is 18.9 Å². The summed E-state index contributed by atoms with van der Waals surface area (Å²) < 4.78 is 0. The minimum atomic E-state index is 0.572. The van der Waals surface area contributed by atoms with Gasteiger partial charge in [-0.3, -0.25) is 0 Å². The molecule has 2 rings (SSSR count). The molecule has 0 aliphatic carbocycles. The summed E-state index contributed by atoms with van der Waals surface area (Å²) in [7, 11) is 2.04. The highest BCUT2D eigenvalue weighted by molar-refractivity contribution is 5.41. The van der Waals surface area contributed by atoms with Crippen molar-refractivity contribution >= 4 is 5.82 Å². The third-order valence-corrected chi connectivity index (χ3v) is 2.92. The van der Waals surface area contributed by atoms with Crippen molar-refractivity contribution in [2.45, 2.75) is 18.9 Å². The van der Waals surface area contributed by atoms with Gasteiger partial charge in [-0.25, -0.2) is 4.98 Å². The predicted octanol–water partition coefficient (Wildman–Crippen LogP) is 1.14. The van der Waals surface area contributed by atoms with Gasteiger partial charge in [0.05, 0.1) is 5.56 Å². The molecule has 1 atom stereocenters. The molecule has 4 nitrogen and oxygen atoms in total. The zero-order chi connectivity index (χ0) is 11.4. The Morgan fingerprint density at radius 3 is 3.06 bits per heavy atom. The van der Waals surface area contributed by atoms with Crippen molar-refractivity contribution in [2.24, 2.45) is 0 Å². The SMILES string of the molecule is CN(CC1CCCN1)c1ccc(C#N)cn1. The molecule has 0 aromatic carbocycles. The molecule has 4 heteroatoms. The Hall–Kier alpha value is -1.60. The van der Waals surface area contributed by atoms with E-state index in [1.54, 1.807) is 12.3 Å². The number of nitriles is 1. The van der Waals surface area contributed by atoms with E-state index in [-0.39, 0.29) is 0 Å². The molecule has 0 bridgehead atoms. The molecular weight excluding hydrogens is 200 g/mol. The van der Waals surface area contributed by atoms with Crippen molar-refractivity contribution in [1.82, 2.24) is 10.3 Å². The topological polar surface area (TPSA) is 52.0 Å². The van der Waals surface area contributed by atoms with Crippen molar-refractivity contribution in [3.05, 3.63) is 23.9 Å². The molecule has 1 N–H and O–H groups in total. The van der Waals surface area contributed by atoms with Crippen LogP contribution in [-0.2, 0) is 0 Å². The molecule has 1 aliphatic heterocycles. The summed E-state index contributed by atoms with van der Waals surface area (Å²) >= 11 is 0. The lowest BCUT2D eigenvalue weighted by molar-refractivity contribution is 0.597. The molecule has 16 heavy (non-hydrogen) atoms. The van der Waals surface area contributed by atoms with Crippen LogP contribution in [0.15, 0.2) is 18.3 Å². The monoisotopic (exact) mass is 216 g/mol. The van der Waals surface area contributed by atoms with Gasteiger partial charge >= 0.3 is 0 Å². The number of hydrogen-bond acceptors (Lipinski definition) is 4. The minimum absolute atomic E-state index is 0.572. The van der Waals surface area contributed by atoms with Gasteiger partial charge in [-0.15, -0.1) is 0 Å². The molecule has 1 aromatic rings. The molecular formula is C12H16N4. The van der Waals surface area contributed by atoms with Crippen LogP contribution in [0.2, 0.25) is 0 Å². The standard InChI is InChI=1S/C12H16N4/c1-16(9-11-3-2-6-14-11)12-5-4-10(7-13)8-15-12/h4-5,8,11,14H,2-3,6,9H2,1H3. The van der Waals surface area contributed by atoms with Crippen LogP contribution in [-0.4, -0.2) is 31.2 Å². The van der Waals surface area contributed by atoms with Gasteiger partial charge in [0.15, 0.2) is 0 Å². The molecule has 84 valence electrons. The lowest BCUT2D eigenvalue weighted by Crippen LogP contribution is -2.35. The van der Waals surface area contributed by atoms with E-state index in [1.807, 2.05) is 13.1 Å². The van der Waals surface area contributed by atoms with Gasteiger partial charge in [-0.2, -0.15) is 5.26 Å². The van der Waals surface area contributed by atoms with Crippen LogP contribution in [0, 0.1) is 11.3 Å². The molecule has 1 unspecified atom stereocenters. The maximum atomic E-state index is 8.68. The number of nitrogens with zero attached hydrogens (tertiary/aromatic N) is 3. The molecule has 0 amide bonds. The normalized spacial score (nSPS) is 19.4. The van der Waals surface area contributed by atoms with Gasteiger partial charge in [-0.05, 0) is 31.5 Å². The zero-order valence-corrected chi connectivity index (χ0v) is 9.48. The van der Waals surface area contributed by atoms with Crippen LogP contribution in [0.1, 0.15) is 18.4 Å². The van der Waals surface area contributed by atoms with E-state index in [0.29, 0.717) is 11.6 Å². The predicted molar refractivity (Wildman–Crippen MR) is 63.2 cm³/mol. The second kappa shape index (κ2) is 4.95. The average Bonchev–Trinajstić information content (AvgIpc) is 2.82. The summed E-state index contributed by atoms with van der Waals surface area (Å²) in [6.45, 7) is 2.10. The maximum Gasteiger partial charge on any atom is 0.128 e. The highest BCUT2D eigenvalue weighted by Crippen LogP contribution is 2.12. The Morgan fingerprint density at radius 1 is 1.62 bits per heavy atom. The summed E-state index contributed by atoms with van der Waals surface area (Å²) in [6.07, 6.45) is 4.12. The lowest BCUT2D eigenvalue weighted by Gasteiger charge is -2.22. The fraction of sp³-hybridized carbons (Fsp3) is 0.500. The second-order valence-electron chi connectivity index (χ2n) is 4.19. The van der Waals surface area contributed by atoms with Crippen LogP contribution in [0.5, 0.6) is 0 Å². The Balaban J connectivity index is 1.97. The number of pyridine rings is 1. The fourth-order valence-corrected chi connectivity index (χ4v) is 2.01. The summed E-state index contributed by atoms with van der Waals surface area (Å²) in [4.78, 5) is 6.40. The van der Waals surface area contributed by atoms with Crippen molar-refractivity contribution in [2.75, 3.05) is 25.0 Å². The van der Waals surface area contributed by atoms with E-state index < -0.39 is 0 Å². The third kappa shape index (κ3) is 2.50. The van der Waals surface area contributed by atoms with Crippen molar-refractivity contribution < 1.29 is 0 Å². The Bertz CT molecular complexity index is 373. The van der Waals surface area contributed by atoms with E-state index in [2.05, 4.69) is 21.3 Å². The van der Waals surface area contributed by atoms with Gasteiger partial charge in [0.25, 0.3) is 0 Å². The number of likely N-dealkylation sites (N-methyl/N-ethyl adjacent to an activating group) is 1. The summed E-state index contributed by atoms with van der Waals surface area (Å²) in [5, 5.41) is 12.1. The maximum absolute atomic E-state index is 8.68. The van der Waals surface area contributed by atoms with Crippen molar-refractivity contribution in [1.29, 1.82) is 5.26 Å². The van der Waals surface area contributed by atoms with Gasteiger partial charge < -0.3 is 10.2 Å². The second-order valence-corrected chi connectivity index (χ2v) is 4.19. The molecule has 1 fully saturated rings. The first-order chi connectivity index (χ1) is 7.79. The van der Waals surface area contributed by atoms with Crippen LogP contribution in [0.25, 0.3) is 0 Å². The van der Waals surface area contributed by atoms with Crippen LogP contribution < -0.4 is 10.2 Å². The molecule has 1 aliphatic rings. The van der Waals surface area contributed by atoms with Crippen molar-refractivity contribution in [3.63, 3.8) is 0 Å². The molecule has 1 saturated heterocycles. The summed E-state index contributed by atoms with van der Waals surface area (Å²) in [6, 6.07) is 6.35. The van der Waals surface area contributed by atoms with Crippen LogP contribution in [0.3, 0.4) is 0 Å². The Morgan fingerprint density at radius 2 is 2.50 bits per heavy atom. The van der Waals surface area contributed by atoms with Crippen LogP contribution in [0.4, 0.5) is 5.82 Å². The van der Waals surface area contributed by atoms with Crippen LogP contribution >= 0.6 is 0 Å². The summed E-state index contributed by atoms with van der Waals surface area (Å²) in [5.41, 5.74) is 0.608. The average molecular weight is 216 g/mol. The van der Waals surface area contributed by atoms with E-state index in [1.165, 1.54) is 12.8 Å². The minimum Gasteiger partial charge on any atom is -0.358 e. The molecule has 0 saturated carbocycles. The first kappa shape index (κ1) is 10.9. The van der Waals surface area contributed by atoms with Gasteiger partial charge in [0, 0.05) is 25.8 Å². The van der Waals surface area contributed by atoms with Gasteiger partial charge in [0.1, 0.15) is 11.9 Å². The van der Waals surface area contributed by atoms with Gasteiger partial charge in [0.2, 0.25) is 0 Å². The highest BCUT2D eigenvalue weighted by Gasteiger charge is 2.16. The van der Waals surface area contributed by atoms with E-state index in [4.69, 9.17) is 5.26 Å². The van der Waals surface area contributed by atoms with Crippen molar-refractivity contribution in [3.8, 4) is 6.07 Å². The third-order valence-electron chi connectivity index (χ3n) is 2.92. The number of anilines is 1. The molecule has 1 aromatic heterocycles. The Labute approximate surface area is 95.9 Å². The fourth-order valence-electron chi connectivity index (χ4n) is 2.01. The lowest BCUT2D eigenvalue weighted by atomic mass is 10.2. The molecule has 0 radical (unpaired) electrons. The number of hydrogen-bond donors (Lipinski definition) is 1. The number of aromatic nitrogens is 1. The summed E-state index contributed by atoms with van der Waals surface area (Å²) in [5.74, 6) is 0.924. The molecule has 2 heterocycles. The van der Waals surface area contributed by atoms with Gasteiger partial charge in [-0.1, -0.05) is 0 Å². The number of rotatable bonds is 3. The number of nitrogens with one attached hydrogen (secondary N) is 1. The smallest absolute Gasteiger partial charge is 0.128 e. The van der Waals surface area contributed by atoms with E-state index >= 15 is 0 Å². The van der Waals surface area contributed by atoms with E-state index in [9.17, 15) is 0 Å². The highest BCUT2D eigenvalue weighted by atomic mass is 15.2. The molecule has 0 spiro atoms. The largest absolute Gasteiger partial charge is 0.358 e.